The number of methoxy groups -OCH3 is 1. The van der Waals surface area contributed by atoms with Crippen molar-refractivity contribution in [3.8, 4) is 5.75 Å². The standard InChI is InChI=1S/C15H14Br2FNO/c1-9(14-4-3-10(16)7-15(14)18)19-12-5-11(17)6-13(8-12)20-2/h3-9,19H,1-2H3. The molecule has 2 aromatic carbocycles. The summed E-state index contributed by atoms with van der Waals surface area (Å²) in [6, 6.07) is 10.6. The Hall–Kier alpha value is -1.07. The molecule has 2 rings (SSSR count). The molecule has 2 nitrogen and oxygen atoms in total. The molecular weight excluding hydrogens is 389 g/mol. The van der Waals surface area contributed by atoms with Gasteiger partial charge >= 0.3 is 0 Å². The summed E-state index contributed by atoms with van der Waals surface area (Å²) in [6.07, 6.45) is 0. The summed E-state index contributed by atoms with van der Waals surface area (Å²) in [7, 11) is 1.61. The summed E-state index contributed by atoms with van der Waals surface area (Å²) < 4.78 is 20.8. The molecule has 0 amide bonds. The fraction of sp³-hybridized carbons (Fsp3) is 0.200. The molecule has 106 valence electrons. The quantitative estimate of drug-likeness (QED) is 0.725. The zero-order valence-corrected chi connectivity index (χ0v) is 14.3. The summed E-state index contributed by atoms with van der Waals surface area (Å²) in [4.78, 5) is 0. The van der Waals surface area contributed by atoms with Gasteiger partial charge in [0.05, 0.1) is 13.2 Å². The molecule has 0 radical (unpaired) electrons. The molecule has 2 aromatic rings. The van der Waals surface area contributed by atoms with Gasteiger partial charge in [0.1, 0.15) is 11.6 Å². The largest absolute Gasteiger partial charge is 0.497 e. The van der Waals surface area contributed by atoms with Gasteiger partial charge in [-0.05, 0) is 31.2 Å². The lowest BCUT2D eigenvalue weighted by Gasteiger charge is -2.17. The van der Waals surface area contributed by atoms with Gasteiger partial charge in [-0.25, -0.2) is 4.39 Å². The third-order valence-electron chi connectivity index (χ3n) is 2.92. The van der Waals surface area contributed by atoms with Crippen molar-refractivity contribution in [2.75, 3.05) is 12.4 Å². The van der Waals surface area contributed by atoms with Crippen LogP contribution in [0.4, 0.5) is 10.1 Å². The van der Waals surface area contributed by atoms with E-state index in [2.05, 4.69) is 37.2 Å². The number of halogens is 3. The van der Waals surface area contributed by atoms with Gasteiger partial charge in [-0.3, -0.25) is 0 Å². The number of hydrogen-bond donors (Lipinski definition) is 1. The molecule has 1 atom stereocenters. The predicted octanol–water partition coefficient (Wildman–Crippen LogP) is 5.53. The van der Waals surface area contributed by atoms with Crippen molar-refractivity contribution in [3.63, 3.8) is 0 Å². The first-order valence-corrected chi connectivity index (χ1v) is 7.64. The van der Waals surface area contributed by atoms with E-state index in [1.807, 2.05) is 31.2 Å². The highest BCUT2D eigenvalue weighted by Crippen LogP contribution is 2.28. The Kier molecular flexibility index (Phi) is 5.05. The summed E-state index contributed by atoms with van der Waals surface area (Å²) >= 11 is 6.68. The number of hydrogen-bond acceptors (Lipinski definition) is 2. The van der Waals surface area contributed by atoms with Crippen molar-refractivity contribution in [2.24, 2.45) is 0 Å². The molecule has 0 heterocycles. The first-order valence-electron chi connectivity index (χ1n) is 6.05. The fourth-order valence-electron chi connectivity index (χ4n) is 1.94. The molecule has 0 fully saturated rings. The monoisotopic (exact) mass is 401 g/mol. The second-order valence-corrected chi connectivity index (χ2v) is 6.24. The van der Waals surface area contributed by atoms with Crippen LogP contribution in [0.5, 0.6) is 5.75 Å². The molecule has 0 saturated heterocycles. The van der Waals surface area contributed by atoms with Gasteiger partial charge in [0.2, 0.25) is 0 Å². The second-order valence-electron chi connectivity index (χ2n) is 4.41. The highest BCUT2D eigenvalue weighted by atomic mass is 79.9. The van der Waals surface area contributed by atoms with E-state index in [9.17, 15) is 4.39 Å². The van der Waals surface area contributed by atoms with Crippen LogP contribution >= 0.6 is 31.9 Å². The number of anilines is 1. The lowest BCUT2D eigenvalue weighted by molar-refractivity contribution is 0.414. The van der Waals surface area contributed by atoms with E-state index in [4.69, 9.17) is 4.74 Å². The molecule has 5 heteroatoms. The van der Waals surface area contributed by atoms with Crippen LogP contribution in [0.2, 0.25) is 0 Å². The van der Waals surface area contributed by atoms with Crippen LogP contribution in [0, 0.1) is 5.82 Å². The van der Waals surface area contributed by atoms with E-state index in [0.717, 1.165) is 20.4 Å². The van der Waals surface area contributed by atoms with Crippen molar-refractivity contribution in [1.29, 1.82) is 0 Å². The lowest BCUT2D eigenvalue weighted by Crippen LogP contribution is -2.08. The SMILES string of the molecule is COc1cc(Br)cc(NC(C)c2ccc(Br)cc2F)c1. The van der Waals surface area contributed by atoms with E-state index in [1.54, 1.807) is 13.2 Å². The topological polar surface area (TPSA) is 21.3 Å². The van der Waals surface area contributed by atoms with Gasteiger partial charge in [-0.15, -0.1) is 0 Å². The molecule has 0 aromatic heterocycles. The molecule has 0 saturated carbocycles. The van der Waals surface area contributed by atoms with Gasteiger partial charge in [-0.2, -0.15) is 0 Å². The normalized spacial score (nSPS) is 12.1. The Bertz CT molecular complexity index is 619. The number of benzene rings is 2. The lowest BCUT2D eigenvalue weighted by atomic mass is 10.1. The number of nitrogens with one attached hydrogen (secondary N) is 1. The molecule has 1 unspecified atom stereocenters. The number of ether oxygens (including phenoxy) is 1. The molecule has 0 aliphatic rings. The van der Waals surface area contributed by atoms with Gasteiger partial charge < -0.3 is 10.1 Å². The predicted molar refractivity (Wildman–Crippen MR) is 86.8 cm³/mol. The second kappa shape index (κ2) is 6.59. The first kappa shape index (κ1) is 15.3. The molecule has 0 aliphatic carbocycles. The zero-order chi connectivity index (χ0) is 14.7. The van der Waals surface area contributed by atoms with E-state index >= 15 is 0 Å². The molecule has 0 aliphatic heterocycles. The molecule has 0 spiro atoms. The van der Waals surface area contributed by atoms with Gasteiger partial charge in [-0.1, -0.05) is 37.9 Å². The van der Waals surface area contributed by atoms with Crippen LogP contribution in [0.25, 0.3) is 0 Å². The minimum atomic E-state index is -0.235. The fourth-order valence-corrected chi connectivity index (χ4v) is 2.75. The zero-order valence-electron chi connectivity index (χ0n) is 11.1. The third kappa shape index (κ3) is 3.73. The maximum Gasteiger partial charge on any atom is 0.129 e. The smallest absolute Gasteiger partial charge is 0.129 e. The Morgan fingerprint density at radius 2 is 1.85 bits per heavy atom. The summed E-state index contributed by atoms with van der Waals surface area (Å²) in [6.45, 7) is 1.92. The Morgan fingerprint density at radius 3 is 2.50 bits per heavy atom. The van der Waals surface area contributed by atoms with Gasteiger partial charge in [0.15, 0.2) is 0 Å². The van der Waals surface area contributed by atoms with E-state index in [-0.39, 0.29) is 11.9 Å². The summed E-state index contributed by atoms with van der Waals surface area (Å²) in [5, 5.41) is 3.27. The average molecular weight is 403 g/mol. The molecule has 0 bridgehead atoms. The van der Waals surface area contributed by atoms with Crippen LogP contribution in [-0.4, -0.2) is 7.11 Å². The summed E-state index contributed by atoms with van der Waals surface area (Å²) in [5.41, 5.74) is 1.48. The van der Waals surface area contributed by atoms with Crippen LogP contribution in [0.3, 0.4) is 0 Å². The molecule has 20 heavy (non-hydrogen) atoms. The van der Waals surface area contributed by atoms with E-state index in [0.29, 0.717) is 5.56 Å². The van der Waals surface area contributed by atoms with Crippen molar-refractivity contribution >= 4 is 37.5 Å². The highest BCUT2D eigenvalue weighted by Gasteiger charge is 2.12. The maximum absolute atomic E-state index is 13.9. The first-order chi connectivity index (χ1) is 9.49. The van der Waals surface area contributed by atoms with Crippen molar-refractivity contribution in [3.05, 3.63) is 56.7 Å². The number of rotatable bonds is 4. The summed E-state index contributed by atoms with van der Waals surface area (Å²) in [5.74, 6) is 0.506. The molecule has 1 N–H and O–H groups in total. The molecular formula is C15H14Br2FNO. The van der Waals surface area contributed by atoms with E-state index < -0.39 is 0 Å². The van der Waals surface area contributed by atoms with Crippen molar-refractivity contribution in [2.45, 2.75) is 13.0 Å². The average Bonchev–Trinajstić information content (AvgIpc) is 2.37. The Labute approximate surface area is 134 Å². The Balaban J connectivity index is 2.22. The minimum Gasteiger partial charge on any atom is -0.497 e. The van der Waals surface area contributed by atoms with Crippen LogP contribution < -0.4 is 10.1 Å². The van der Waals surface area contributed by atoms with Gasteiger partial charge in [0.25, 0.3) is 0 Å². The Morgan fingerprint density at radius 1 is 1.10 bits per heavy atom. The van der Waals surface area contributed by atoms with Crippen molar-refractivity contribution < 1.29 is 9.13 Å². The minimum absolute atomic E-state index is 0.151. The highest BCUT2D eigenvalue weighted by molar-refractivity contribution is 9.10. The van der Waals surface area contributed by atoms with Gasteiger partial charge in [0, 0.05) is 26.3 Å². The van der Waals surface area contributed by atoms with E-state index in [1.165, 1.54) is 6.07 Å². The van der Waals surface area contributed by atoms with Crippen LogP contribution in [0.15, 0.2) is 45.3 Å². The van der Waals surface area contributed by atoms with Crippen molar-refractivity contribution in [1.82, 2.24) is 0 Å². The maximum atomic E-state index is 13.9. The third-order valence-corrected chi connectivity index (χ3v) is 3.87. The van der Waals surface area contributed by atoms with Crippen LogP contribution in [0.1, 0.15) is 18.5 Å². The van der Waals surface area contributed by atoms with Crippen LogP contribution in [-0.2, 0) is 0 Å².